The molecule has 2 aromatic heterocycles. The van der Waals surface area contributed by atoms with Crippen LogP contribution in [0.5, 0.6) is 5.75 Å². The molecule has 1 N–H and O–H groups in total. The molecule has 0 unspecified atom stereocenters. The SMILES string of the molecule is COc1cc2occ(-c3ccc(C)cc3C)c2cc1/C(C)=C/C(=O)Nc1nc2ccccc2s1. The van der Waals surface area contributed by atoms with Crippen molar-refractivity contribution in [3.8, 4) is 16.9 Å². The smallest absolute Gasteiger partial charge is 0.250 e. The van der Waals surface area contributed by atoms with Gasteiger partial charge in [-0.3, -0.25) is 10.1 Å². The van der Waals surface area contributed by atoms with Crippen molar-refractivity contribution in [2.75, 3.05) is 12.4 Å². The second kappa shape index (κ2) is 8.80. The Balaban J connectivity index is 1.50. The predicted octanol–water partition coefficient (Wildman–Crippen LogP) is 7.38. The average molecular weight is 469 g/mol. The summed E-state index contributed by atoms with van der Waals surface area (Å²) in [7, 11) is 1.62. The number of carbonyl (C=O) groups is 1. The number of nitrogens with one attached hydrogen (secondary N) is 1. The molecular weight excluding hydrogens is 444 g/mol. The first kappa shape index (κ1) is 21.9. The zero-order valence-electron chi connectivity index (χ0n) is 19.4. The quantitative estimate of drug-likeness (QED) is 0.273. The Morgan fingerprint density at radius 3 is 2.68 bits per heavy atom. The van der Waals surface area contributed by atoms with E-state index in [2.05, 4.69) is 42.3 Å². The number of benzene rings is 3. The molecule has 6 heteroatoms. The van der Waals surface area contributed by atoms with Crippen molar-refractivity contribution in [1.82, 2.24) is 4.98 Å². The number of furan rings is 1. The first-order valence-electron chi connectivity index (χ1n) is 10.9. The van der Waals surface area contributed by atoms with Crippen LogP contribution >= 0.6 is 11.3 Å². The van der Waals surface area contributed by atoms with E-state index in [1.54, 1.807) is 19.4 Å². The second-order valence-corrected chi connectivity index (χ2v) is 9.35. The van der Waals surface area contributed by atoms with Gasteiger partial charge in [0.05, 0.1) is 23.6 Å². The minimum Gasteiger partial charge on any atom is -0.496 e. The van der Waals surface area contributed by atoms with E-state index in [0.717, 1.165) is 43.4 Å². The number of para-hydroxylation sites is 1. The predicted molar refractivity (Wildman–Crippen MR) is 140 cm³/mol. The highest BCUT2D eigenvalue weighted by atomic mass is 32.1. The van der Waals surface area contributed by atoms with Crippen LogP contribution in [0.1, 0.15) is 23.6 Å². The summed E-state index contributed by atoms with van der Waals surface area (Å²) in [5, 5.41) is 4.43. The van der Waals surface area contributed by atoms with Crippen LogP contribution in [0.4, 0.5) is 5.13 Å². The third-order valence-electron chi connectivity index (χ3n) is 5.86. The van der Waals surface area contributed by atoms with Gasteiger partial charge in [0.1, 0.15) is 11.3 Å². The number of nitrogens with zero attached hydrogens (tertiary/aromatic N) is 1. The number of anilines is 1. The topological polar surface area (TPSA) is 64.4 Å². The highest BCUT2D eigenvalue weighted by Gasteiger charge is 2.16. The van der Waals surface area contributed by atoms with E-state index in [9.17, 15) is 4.79 Å². The maximum atomic E-state index is 12.8. The first-order valence-corrected chi connectivity index (χ1v) is 11.8. The number of hydrogen-bond acceptors (Lipinski definition) is 5. The number of methoxy groups -OCH3 is 1. The van der Waals surface area contributed by atoms with E-state index in [4.69, 9.17) is 9.15 Å². The lowest BCUT2D eigenvalue weighted by Gasteiger charge is -2.11. The zero-order valence-corrected chi connectivity index (χ0v) is 20.2. The molecule has 0 radical (unpaired) electrons. The summed E-state index contributed by atoms with van der Waals surface area (Å²) >= 11 is 1.45. The zero-order chi connectivity index (χ0) is 23.8. The molecule has 0 atom stereocenters. The Labute approximate surface area is 201 Å². The van der Waals surface area contributed by atoms with Crippen molar-refractivity contribution >= 4 is 49.1 Å². The van der Waals surface area contributed by atoms with Crippen LogP contribution in [-0.2, 0) is 4.79 Å². The van der Waals surface area contributed by atoms with E-state index < -0.39 is 0 Å². The van der Waals surface area contributed by atoms with Gasteiger partial charge in [-0.05, 0) is 55.7 Å². The standard InChI is InChI=1S/C28H24N2O3S/c1-16-9-10-19(17(2)11-16)22-15-33-25-14-24(32-4)20(13-21(22)25)18(3)12-27(31)30-28-29-23-7-5-6-8-26(23)34-28/h5-15H,1-4H3,(H,29,30,31)/b18-12+. The number of thiazole rings is 1. The third kappa shape index (κ3) is 4.08. The lowest BCUT2D eigenvalue weighted by molar-refractivity contribution is -0.111. The number of rotatable bonds is 5. The minimum absolute atomic E-state index is 0.236. The fraction of sp³-hybridized carbons (Fsp3) is 0.143. The van der Waals surface area contributed by atoms with Gasteiger partial charge in [0.25, 0.3) is 0 Å². The lowest BCUT2D eigenvalue weighted by Crippen LogP contribution is -2.08. The van der Waals surface area contributed by atoms with Gasteiger partial charge < -0.3 is 9.15 Å². The number of allylic oxidation sites excluding steroid dienone is 1. The fourth-order valence-corrected chi connectivity index (χ4v) is 5.07. The Kier molecular flexibility index (Phi) is 5.67. The molecule has 5 aromatic rings. The van der Waals surface area contributed by atoms with Crippen LogP contribution in [-0.4, -0.2) is 18.0 Å². The number of carbonyl (C=O) groups excluding carboxylic acids is 1. The normalized spacial score (nSPS) is 11.8. The molecule has 5 nitrogen and oxygen atoms in total. The van der Waals surface area contributed by atoms with Crippen molar-refractivity contribution in [2.45, 2.75) is 20.8 Å². The first-order chi connectivity index (χ1) is 16.4. The largest absolute Gasteiger partial charge is 0.496 e. The fourth-order valence-electron chi connectivity index (χ4n) is 4.20. The maximum absolute atomic E-state index is 12.8. The number of aryl methyl sites for hydroxylation is 2. The van der Waals surface area contributed by atoms with Crippen LogP contribution in [0.3, 0.4) is 0 Å². The molecule has 0 aliphatic heterocycles. The molecule has 0 bridgehead atoms. The molecule has 34 heavy (non-hydrogen) atoms. The minimum atomic E-state index is -0.236. The highest BCUT2D eigenvalue weighted by Crippen LogP contribution is 2.38. The lowest BCUT2D eigenvalue weighted by atomic mass is 9.96. The van der Waals surface area contributed by atoms with Gasteiger partial charge in [0, 0.05) is 28.7 Å². The molecule has 3 aromatic carbocycles. The Bertz CT molecular complexity index is 1540. The number of aromatic nitrogens is 1. The second-order valence-electron chi connectivity index (χ2n) is 8.32. The van der Waals surface area contributed by atoms with Crippen molar-refractivity contribution < 1.29 is 13.9 Å². The summed E-state index contributed by atoms with van der Waals surface area (Å²) in [4.78, 5) is 17.3. The van der Waals surface area contributed by atoms with Crippen molar-refractivity contribution in [3.05, 3.63) is 83.6 Å². The Morgan fingerprint density at radius 2 is 1.91 bits per heavy atom. The maximum Gasteiger partial charge on any atom is 0.250 e. The van der Waals surface area contributed by atoms with E-state index in [-0.39, 0.29) is 5.91 Å². The van der Waals surface area contributed by atoms with E-state index >= 15 is 0 Å². The molecule has 0 fully saturated rings. The molecule has 0 aliphatic rings. The monoisotopic (exact) mass is 468 g/mol. The van der Waals surface area contributed by atoms with Crippen molar-refractivity contribution in [1.29, 1.82) is 0 Å². The number of hydrogen-bond donors (Lipinski definition) is 1. The molecule has 0 saturated heterocycles. The number of amides is 1. The molecular formula is C28H24N2O3S. The number of ether oxygens (including phenoxy) is 1. The third-order valence-corrected chi connectivity index (χ3v) is 6.82. The van der Waals surface area contributed by atoms with Gasteiger partial charge in [0.2, 0.25) is 5.91 Å². The van der Waals surface area contributed by atoms with Gasteiger partial charge >= 0.3 is 0 Å². The molecule has 0 spiro atoms. The van der Waals surface area contributed by atoms with Crippen molar-refractivity contribution in [2.24, 2.45) is 0 Å². The summed E-state index contributed by atoms with van der Waals surface area (Å²) in [5.74, 6) is 0.413. The van der Waals surface area contributed by atoms with Crippen LogP contribution in [0.2, 0.25) is 0 Å². The summed E-state index contributed by atoms with van der Waals surface area (Å²) in [6, 6.07) is 18.1. The average Bonchev–Trinajstić information content (AvgIpc) is 3.41. The van der Waals surface area contributed by atoms with Gasteiger partial charge in [0.15, 0.2) is 5.13 Å². The van der Waals surface area contributed by atoms with Crippen molar-refractivity contribution in [3.63, 3.8) is 0 Å². The molecule has 5 rings (SSSR count). The van der Waals surface area contributed by atoms with Crippen LogP contribution < -0.4 is 10.1 Å². The summed E-state index contributed by atoms with van der Waals surface area (Å²) < 4.78 is 12.5. The Hall–Kier alpha value is -3.90. The highest BCUT2D eigenvalue weighted by molar-refractivity contribution is 7.22. The molecule has 170 valence electrons. The molecule has 0 aliphatic carbocycles. The van der Waals surface area contributed by atoms with Gasteiger partial charge in [-0.2, -0.15) is 0 Å². The summed E-state index contributed by atoms with van der Waals surface area (Å²) in [6.45, 7) is 6.09. The van der Waals surface area contributed by atoms with E-state index in [0.29, 0.717) is 10.9 Å². The van der Waals surface area contributed by atoms with Crippen LogP contribution in [0, 0.1) is 13.8 Å². The van der Waals surface area contributed by atoms with Crippen LogP contribution in [0.25, 0.3) is 37.9 Å². The van der Waals surface area contributed by atoms with E-state index in [1.165, 1.54) is 22.5 Å². The van der Waals surface area contributed by atoms with Gasteiger partial charge in [-0.1, -0.05) is 47.2 Å². The van der Waals surface area contributed by atoms with E-state index in [1.807, 2.05) is 43.3 Å². The summed E-state index contributed by atoms with van der Waals surface area (Å²) in [5.41, 5.74) is 7.76. The van der Waals surface area contributed by atoms with Gasteiger partial charge in [-0.25, -0.2) is 4.98 Å². The van der Waals surface area contributed by atoms with Gasteiger partial charge in [-0.15, -0.1) is 0 Å². The molecule has 2 heterocycles. The number of fused-ring (bicyclic) bond motifs is 2. The Morgan fingerprint density at radius 1 is 1.09 bits per heavy atom. The van der Waals surface area contributed by atoms with Crippen LogP contribution in [0.15, 0.2) is 71.4 Å². The molecule has 0 saturated carbocycles. The molecule has 1 amide bonds. The summed E-state index contributed by atoms with van der Waals surface area (Å²) in [6.07, 6.45) is 3.36.